The van der Waals surface area contributed by atoms with Crippen LogP contribution in [0.5, 0.6) is 23.0 Å². The summed E-state index contributed by atoms with van der Waals surface area (Å²) in [5.74, 6) is 0.381. The number of rotatable bonds is 11. The van der Waals surface area contributed by atoms with Crippen molar-refractivity contribution < 1.29 is 38.0 Å². The number of hydrogen-bond acceptors (Lipinski definition) is 8. The smallest absolute Gasteiger partial charge is 0.345 e. The van der Waals surface area contributed by atoms with E-state index >= 15 is 0 Å². The molecule has 0 radical (unpaired) electrons. The van der Waals surface area contributed by atoms with Crippen molar-refractivity contribution in [1.29, 1.82) is 0 Å². The highest BCUT2D eigenvalue weighted by molar-refractivity contribution is 5.99. The number of ether oxygens (including phenoxy) is 6. The third-order valence-electron chi connectivity index (χ3n) is 6.16. The Bertz CT molecular complexity index is 1250. The number of benzene rings is 3. The Labute approximate surface area is 222 Å². The van der Waals surface area contributed by atoms with Crippen LogP contribution in [0.3, 0.4) is 0 Å². The number of aryl methyl sites for hydroxylation is 1. The lowest BCUT2D eigenvalue weighted by molar-refractivity contribution is -0.169. The Balaban J connectivity index is 1.74. The molecule has 200 valence electrons. The van der Waals surface area contributed by atoms with Crippen LogP contribution in [-0.2, 0) is 27.4 Å². The van der Waals surface area contributed by atoms with Crippen molar-refractivity contribution in [3.8, 4) is 23.0 Å². The van der Waals surface area contributed by atoms with E-state index in [1.807, 2.05) is 49.4 Å². The van der Waals surface area contributed by atoms with E-state index < -0.39 is 5.97 Å². The van der Waals surface area contributed by atoms with Gasteiger partial charge >= 0.3 is 5.97 Å². The molecule has 8 nitrogen and oxygen atoms in total. The molecule has 1 heterocycles. The van der Waals surface area contributed by atoms with Crippen LogP contribution in [0.1, 0.15) is 56.7 Å². The van der Waals surface area contributed by atoms with Gasteiger partial charge < -0.3 is 28.4 Å². The number of esters is 1. The molecule has 0 saturated carbocycles. The summed E-state index contributed by atoms with van der Waals surface area (Å²) in [6.07, 6.45) is 3.18. The summed E-state index contributed by atoms with van der Waals surface area (Å²) in [5, 5.41) is 0. The largest absolute Gasteiger partial charge is 0.495 e. The zero-order valence-electron chi connectivity index (χ0n) is 21.9. The van der Waals surface area contributed by atoms with Crippen LogP contribution in [0, 0.1) is 6.92 Å². The third kappa shape index (κ3) is 6.51. The highest BCUT2D eigenvalue weighted by atomic mass is 16.7. The highest BCUT2D eigenvalue weighted by Crippen LogP contribution is 2.41. The van der Waals surface area contributed by atoms with Crippen LogP contribution >= 0.6 is 0 Å². The van der Waals surface area contributed by atoms with Gasteiger partial charge in [0.05, 0.1) is 26.4 Å². The fraction of sp³-hybridized carbons (Fsp3) is 0.333. The topological polar surface area (TPSA) is 89.5 Å². The molecule has 4 rings (SSSR count). The zero-order valence-corrected chi connectivity index (χ0v) is 21.9. The molecule has 1 aliphatic rings. The van der Waals surface area contributed by atoms with E-state index in [9.17, 15) is 9.59 Å². The van der Waals surface area contributed by atoms with Crippen molar-refractivity contribution >= 4 is 12.3 Å². The maximum atomic E-state index is 12.8. The summed E-state index contributed by atoms with van der Waals surface area (Å²) < 4.78 is 34.8. The summed E-state index contributed by atoms with van der Waals surface area (Å²) >= 11 is 0. The molecule has 0 bridgehead atoms. The van der Waals surface area contributed by atoms with E-state index in [1.165, 1.54) is 26.4 Å². The van der Waals surface area contributed by atoms with Gasteiger partial charge in [0.25, 0.3) is 0 Å². The minimum atomic E-state index is -0.701. The fourth-order valence-electron chi connectivity index (χ4n) is 4.29. The van der Waals surface area contributed by atoms with Crippen LogP contribution in [0.4, 0.5) is 0 Å². The van der Waals surface area contributed by atoms with Gasteiger partial charge in [-0.05, 0) is 61.6 Å². The van der Waals surface area contributed by atoms with Gasteiger partial charge in [0.2, 0.25) is 0 Å². The number of aldehydes is 1. The Morgan fingerprint density at radius 2 is 1.82 bits per heavy atom. The first-order valence-electron chi connectivity index (χ1n) is 12.5. The van der Waals surface area contributed by atoms with Gasteiger partial charge in [-0.2, -0.15) is 0 Å². The Morgan fingerprint density at radius 1 is 1.00 bits per heavy atom. The molecule has 1 unspecified atom stereocenters. The van der Waals surface area contributed by atoms with Crippen molar-refractivity contribution in [2.45, 2.75) is 45.7 Å². The molecule has 1 fully saturated rings. The van der Waals surface area contributed by atoms with Crippen molar-refractivity contribution in [2.24, 2.45) is 0 Å². The number of methoxy groups -OCH3 is 2. The van der Waals surface area contributed by atoms with Crippen molar-refractivity contribution in [3.63, 3.8) is 0 Å². The van der Waals surface area contributed by atoms with Crippen LogP contribution < -0.4 is 14.2 Å². The predicted octanol–water partition coefficient (Wildman–Crippen LogP) is 6.02. The second-order valence-electron chi connectivity index (χ2n) is 8.91. The molecule has 0 N–H and O–H groups in total. The molecule has 0 spiro atoms. The summed E-state index contributed by atoms with van der Waals surface area (Å²) in [5.41, 5.74) is 2.85. The maximum absolute atomic E-state index is 12.8. The monoisotopic (exact) mass is 520 g/mol. The Morgan fingerprint density at radius 3 is 2.50 bits per heavy atom. The van der Waals surface area contributed by atoms with Gasteiger partial charge in [0.1, 0.15) is 23.7 Å². The van der Waals surface area contributed by atoms with E-state index in [4.69, 9.17) is 28.4 Å². The van der Waals surface area contributed by atoms with Gasteiger partial charge in [0.15, 0.2) is 24.1 Å². The number of hydrogen-bond donors (Lipinski definition) is 0. The minimum absolute atomic E-state index is 0.00309. The highest BCUT2D eigenvalue weighted by Gasteiger charge is 2.26. The van der Waals surface area contributed by atoms with Crippen molar-refractivity contribution in [3.05, 3.63) is 82.4 Å². The predicted molar refractivity (Wildman–Crippen MR) is 140 cm³/mol. The van der Waals surface area contributed by atoms with Gasteiger partial charge in [-0.3, -0.25) is 4.79 Å². The summed E-state index contributed by atoms with van der Waals surface area (Å²) in [4.78, 5) is 24.4. The third-order valence-corrected chi connectivity index (χ3v) is 6.16. The molecule has 3 aromatic carbocycles. The van der Waals surface area contributed by atoms with Gasteiger partial charge in [-0.25, -0.2) is 4.79 Å². The SMILES string of the molecule is COC(=O)c1c(Oc2c(COC3CCCCO3)cc(C)cc2OCc2ccccc2)ccc(C=O)c1OC. The van der Waals surface area contributed by atoms with E-state index in [0.29, 0.717) is 31.0 Å². The Kier molecular flexibility index (Phi) is 9.35. The maximum Gasteiger partial charge on any atom is 0.345 e. The average molecular weight is 521 g/mol. The van der Waals surface area contributed by atoms with Crippen LogP contribution in [0.25, 0.3) is 0 Å². The lowest BCUT2D eigenvalue weighted by atomic mass is 10.1. The summed E-state index contributed by atoms with van der Waals surface area (Å²) in [7, 11) is 2.63. The van der Waals surface area contributed by atoms with Crippen molar-refractivity contribution in [2.75, 3.05) is 20.8 Å². The minimum Gasteiger partial charge on any atom is -0.495 e. The second-order valence-corrected chi connectivity index (χ2v) is 8.91. The quantitative estimate of drug-likeness (QED) is 0.224. The molecule has 1 aliphatic heterocycles. The summed E-state index contributed by atoms with van der Waals surface area (Å²) in [6.45, 7) is 3.14. The van der Waals surface area contributed by atoms with Gasteiger partial charge in [-0.15, -0.1) is 0 Å². The fourth-order valence-corrected chi connectivity index (χ4v) is 4.29. The molecule has 3 aromatic rings. The van der Waals surface area contributed by atoms with E-state index in [0.717, 1.165) is 36.0 Å². The first-order valence-corrected chi connectivity index (χ1v) is 12.5. The standard InChI is InChI=1S/C30H32O8/c1-20-15-23(19-37-26-11-7-8-14-35-26)28(25(16-20)36-18-21-9-5-4-6-10-21)38-24-13-12-22(17-31)29(33-2)27(24)30(32)34-3/h4-6,9-10,12-13,15-17,26H,7-8,11,14,18-19H2,1-3H3. The number of carbonyl (C=O) groups is 2. The van der Waals surface area contributed by atoms with Gasteiger partial charge in [0, 0.05) is 12.2 Å². The molecular weight excluding hydrogens is 488 g/mol. The lowest BCUT2D eigenvalue weighted by Crippen LogP contribution is -2.22. The zero-order chi connectivity index (χ0) is 26.9. The molecule has 0 aromatic heterocycles. The van der Waals surface area contributed by atoms with E-state index in [2.05, 4.69) is 0 Å². The van der Waals surface area contributed by atoms with Crippen molar-refractivity contribution in [1.82, 2.24) is 0 Å². The summed E-state index contributed by atoms with van der Waals surface area (Å²) in [6, 6.07) is 16.7. The van der Waals surface area contributed by atoms with Crippen LogP contribution in [0.15, 0.2) is 54.6 Å². The molecule has 0 aliphatic carbocycles. The van der Waals surface area contributed by atoms with Gasteiger partial charge in [-0.1, -0.05) is 30.3 Å². The van der Waals surface area contributed by atoms with Crippen LogP contribution in [-0.4, -0.2) is 39.4 Å². The first kappa shape index (κ1) is 27.2. The molecular formula is C30H32O8. The number of carbonyl (C=O) groups excluding carboxylic acids is 2. The molecule has 38 heavy (non-hydrogen) atoms. The normalized spacial score (nSPS) is 15.0. The lowest BCUT2D eigenvalue weighted by Gasteiger charge is -2.24. The van der Waals surface area contributed by atoms with E-state index in [-0.39, 0.29) is 35.5 Å². The first-order chi connectivity index (χ1) is 18.5. The molecule has 0 amide bonds. The van der Waals surface area contributed by atoms with Crippen LogP contribution in [0.2, 0.25) is 0 Å². The Hall–Kier alpha value is -3.88. The van der Waals surface area contributed by atoms with E-state index in [1.54, 1.807) is 0 Å². The average Bonchev–Trinajstić information content (AvgIpc) is 2.96. The molecule has 8 heteroatoms. The second kappa shape index (κ2) is 13.1. The molecule has 1 atom stereocenters. The molecule has 1 saturated heterocycles.